The molecule has 1 aromatic heterocycles. The van der Waals surface area contributed by atoms with E-state index in [1.807, 2.05) is 0 Å². The SMILES string of the molecule is Nc1nc(/C(=N/O)C(=O)N[C@@H]2C(=O)N3C(C(=O)O)C(O)(/C=C4\CCN([C@@H]5CCNC5)C4=O)CS[C@H]23)ns1. The number of nitrogen functional groups attached to an aromatic ring is 1. The van der Waals surface area contributed by atoms with Gasteiger partial charge in [-0.2, -0.15) is 9.36 Å². The third-order valence-electron chi connectivity index (χ3n) is 6.86. The van der Waals surface area contributed by atoms with Crippen molar-refractivity contribution in [3.8, 4) is 0 Å². The Bertz CT molecular complexity index is 1210. The van der Waals surface area contributed by atoms with Gasteiger partial charge in [-0.3, -0.25) is 14.4 Å². The molecule has 17 heteroatoms. The summed E-state index contributed by atoms with van der Waals surface area (Å²) in [5.41, 5.74) is 3.26. The number of carbonyl (C=O) groups is 4. The number of hydrogen-bond donors (Lipinski definition) is 6. The molecule has 0 radical (unpaired) electrons. The van der Waals surface area contributed by atoms with E-state index in [-0.39, 0.29) is 28.7 Å². The molecule has 37 heavy (non-hydrogen) atoms. The van der Waals surface area contributed by atoms with Gasteiger partial charge in [0.15, 0.2) is 11.2 Å². The zero-order chi connectivity index (χ0) is 26.5. The normalized spacial score (nSPS) is 33.0. The highest BCUT2D eigenvalue weighted by Crippen LogP contribution is 2.44. The molecule has 5 atom stereocenters. The number of fused-ring (bicyclic) bond motifs is 1. The number of amides is 3. The number of carbonyl (C=O) groups excluding carboxylic acids is 3. The van der Waals surface area contributed by atoms with Crippen LogP contribution in [0.15, 0.2) is 16.8 Å². The molecule has 7 N–H and O–H groups in total. The number of thioether (sulfide) groups is 1. The molecule has 0 aliphatic carbocycles. The van der Waals surface area contributed by atoms with Crippen molar-refractivity contribution in [2.24, 2.45) is 5.16 Å². The Balaban J connectivity index is 1.32. The Morgan fingerprint density at radius 3 is 2.76 bits per heavy atom. The van der Waals surface area contributed by atoms with Crippen molar-refractivity contribution >= 4 is 57.8 Å². The van der Waals surface area contributed by atoms with Gasteiger partial charge in [-0.25, -0.2) is 4.79 Å². The van der Waals surface area contributed by atoms with E-state index in [0.717, 1.165) is 41.2 Å². The fourth-order valence-electron chi connectivity index (χ4n) is 5.12. The first-order chi connectivity index (χ1) is 17.6. The highest BCUT2D eigenvalue weighted by atomic mass is 32.2. The average molecular weight is 553 g/mol. The third kappa shape index (κ3) is 4.30. The maximum Gasteiger partial charge on any atom is 0.329 e. The summed E-state index contributed by atoms with van der Waals surface area (Å²) in [6, 6.07) is -2.74. The summed E-state index contributed by atoms with van der Waals surface area (Å²) in [5, 5.41) is 38.4. The van der Waals surface area contributed by atoms with Gasteiger partial charge in [0.25, 0.3) is 5.91 Å². The minimum absolute atomic E-state index is 0.0409. The van der Waals surface area contributed by atoms with Gasteiger partial charge in [0.1, 0.15) is 17.0 Å². The maximum absolute atomic E-state index is 13.0. The van der Waals surface area contributed by atoms with E-state index in [1.54, 1.807) is 4.90 Å². The Morgan fingerprint density at radius 1 is 1.35 bits per heavy atom. The van der Waals surface area contributed by atoms with Crippen LogP contribution in [0.3, 0.4) is 0 Å². The number of aromatic nitrogens is 2. The van der Waals surface area contributed by atoms with Gasteiger partial charge in [-0.15, -0.1) is 11.8 Å². The number of aliphatic carboxylic acids is 1. The first-order valence-electron chi connectivity index (χ1n) is 11.4. The molecule has 4 aliphatic heterocycles. The van der Waals surface area contributed by atoms with E-state index in [9.17, 15) is 34.6 Å². The standard InChI is InChI=1S/C20H24N8O7S2/c21-19-24-13(26-37-19)10(25-35)14(29)23-11-16(31)28-12(18(32)33)20(34,7-36-17(11)28)5-8-2-4-27(15(8)30)9-1-3-22-6-9/h5,9,11-12,17,22,34-35H,1-4,6-7H2,(H,23,29)(H,32,33)(H2,21,24,26)/b8-5+,25-10-/t9-,11-,12?,17-,20?/m1/s1. The Hall–Kier alpha value is -3.28. The second-order valence-electron chi connectivity index (χ2n) is 9.10. The lowest BCUT2D eigenvalue weighted by molar-refractivity contribution is -0.172. The second kappa shape index (κ2) is 9.55. The lowest BCUT2D eigenvalue weighted by atomic mass is 9.87. The molecule has 4 fully saturated rings. The van der Waals surface area contributed by atoms with E-state index in [4.69, 9.17) is 5.73 Å². The van der Waals surface area contributed by atoms with Crippen molar-refractivity contribution in [1.29, 1.82) is 0 Å². The van der Waals surface area contributed by atoms with Crippen molar-refractivity contribution in [3.63, 3.8) is 0 Å². The van der Waals surface area contributed by atoms with Crippen molar-refractivity contribution in [3.05, 3.63) is 17.5 Å². The fraction of sp³-hybridized carbons (Fsp3) is 0.550. The van der Waals surface area contributed by atoms with Crippen LogP contribution in [-0.2, 0) is 19.2 Å². The summed E-state index contributed by atoms with van der Waals surface area (Å²) < 4.78 is 3.80. The lowest BCUT2D eigenvalue weighted by Crippen LogP contribution is -2.79. The molecule has 1 aromatic rings. The first kappa shape index (κ1) is 25.4. The predicted octanol–water partition coefficient (Wildman–Crippen LogP) is -2.60. The van der Waals surface area contributed by atoms with Crippen molar-refractivity contribution < 1.29 is 34.6 Å². The number of hydrogen-bond acceptors (Lipinski definition) is 13. The van der Waals surface area contributed by atoms with Gasteiger partial charge in [0.05, 0.1) is 0 Å². The van der Waals surface area contributed by atoms with Crippen LogP contribution in [0.1, 0.15) is 18.7 Å². The van der Waals surface area contributed by atoms with Crippen molar-refractivity contribution in [1.82, 2.24) is 29.8 Å². The molecule has 0 bridgehead atoms. The number of carboxylic acid groups (broad SMARTS) is 1. The van der Waals surface area contributed by atoms with Gasteiger partial charge < -0.3 is 41.6 Å². The molecule has 5 rings (SSSR count). The molecular formula is C20H24N8O7S2. The molecule has 15 nitrogen and oxygen atoms in total. The number of nitrogens with one attached hydrogen (secondary N) is 2. The zero-order valence-corrected chi connectivity index (χ0v) is 20.9. The number of anilines is 1. The quantitative estimate of drug-likeness (QED) is 0.0703. The number of carboxylic acids is 1. The lowest BCUT2D eigenvalue weighted by Gasteiger charge is -2.56. The smallest absolute Gasteiger partial charge is 0.329 e. The summed E-state index contributed by atoms with van der Waals surface area (Å²) in [6.07, 6.45) is 2.47. The summed E-state index contributed by atoms with van der Waals surface area (Å²) in [5.74, 6) is -3.73. The van der Waals surface area contributed by atoms with E-state index >= 15 is 0 Å². The van der Waals surface area contributed by atoms with Crippen LogP contribution in [0.5, 0.6) is 0 Å². The van der Waals surface area contributed by atoms with Gasteiger partial charge >= 0.3 is 5.97 Å². The third-order valence-corrected chi connectivity index (χ3v) is 8.88. The number of nitrogens with two attached hydrogens (primary N) is 1. The van der Waals surface area contributed by atoms with Crippen LogP contribution in [0.4, 0.5) is 5.13 Å². The molecule has 4 aliphatic rings. The minimum Gasteiger partial charge on any atom is -0.480 e. The van der Waals surface area contributed by atoms with E-state index < -0.39 is 46.6 Å². The average Bonchev–Trinajstić information content (AvgIpc) is 3.60. The monoisotopic (exact) mass is 552 g/mol. The van der Waals surface area contributed by atoms with Crippen molar-refractivity contribution in [2.45, 2.75) is 41.9 Å². The molecule has 2 unspecified atom stereocenters. The van der Waals surface area contributed by atoms with Gasteiger partial charge in [-0.1, -0.05) is 5.16 Å². The highest BCUT2D eigenvalue weighted by molar-refractivity contribution is 8.00. The summed E-state index contributed by atoms with van der Waals surface area (Å²) in [4.78, 5) is 57.3. The van der Waals surface area contributed by atoms with Crippen LogP contribution in [0.25, 0.3) is 0 Å². The molecule has 4 saturated heterocycles. The number of likely N-dealkylation sites (tertiary alicyclic amines) is 1. The molecule has 0 saturated carbocycles. The number of aliphatic hydroxyl groups is 1. The Labute approximate surface area is 217 Å². The van der Waals surface area contributed by atoms with Gasteiger partial charge in [0, 0.05) is 42.0 Å². The predicted molar refractivity (Wildman–Crippen MR) is 130 cm³/mol. The number of rotatable bonds is 6. The molecule has 3 amide bonds. The largest absolute Gasteiger partial charge is 0.480 e. The maximum atomic E-state index is 13.0. The number of oxime groups is 1. The van der Waals surface area contributed by atoms with E-state index in [2.05, 4.69) is 25.1 Å². The van der Waals surface area contributed by atoms with Crippen LogP contribution in [0.2, 0.25) is 0 Å². The van der Waals surface area contributed by atoms with Gasteiger partial charge in [0.2, 0.25) is 23.4 Å². The summed E-state index contributed by atoms with van der Waals surface area (Å²) in [7, 11) is 0. The number of nitrogens with zero attached hydrogens (tertiary/aromatic N) is 5. The molecule has 5 heterocycles. The van der Waals surface area contributed by atoms with E-state index in [0.29, 0.717) is 25.1 Å². The molecule has 0 spiro atoms. The number of β-lactam (4-membered cyclic amide) rings is 1. The molecule has 198 valence electrons. The van der Waals surface area contributed by atoms with Crippen molar-refractivity contribution in [2.75, 3.05) is 31.1 Å². The first-order valence-corrected chi connectivity index (χ1v) is 13.2. The van der Waals surface area contributed by atoms with E-state index in [1.165, 1.54) is 6.08 Å². The molecular weight excluding hydrogens is 528 g/mol. The topological polar surface area (TPSA) is 224 Å². The Kier molecular flexibility index (Phi) is 6.55. The second-order valence-corrected chi connectivity index (χ2v) is 11.0. The van der Waals surface area contributed by atoms with Crippen LogP contribution in [-0.4, -0.2) is 118 Å². The highest BCUT2D eigenvalue weighted by Gasteiger charge is 2.62. The minimum atomic E-state index is -1.99. The summed E-state index contributed by atoms with van der Waals surface area (Å²) in [6.45, 7) is 1.97. The van der Waals surface area contributed by atoms with Gasteiger partial charge in [-0.05, 0) is 25.5 Å². The van der Waals surface area contributed by atoms with Crippen LogP contribution >= 0.6 is 23.3 Å². The fourth-order valence-corrected chi connectivity index (χ4v) is 6.99. The summed E-state index contributed by atoms with van der Waals surface area (Å²) >= 11 is 1.85. The molecule has 0 aromatic carbocycles. The van der Waals surface area contributed by atoms with Crippen LogP contribution < -0.4 is 16.4 Å². The zero-order valence-electron chi connectivity index (χ0n) is 19.2. The van der Waals surface area contributed by atoms with Crippen LogP contribution in [0, 0.1) is 0 Å². The Morgan fingerprint density at radius 2 is 2.14 bits per heavy atom.